The van der Waals surface area contributed by atoms with Crippen LogP contribution in [0.4, 0.5) is 11.4 Å². The number of carbonyl (C=O) groups is 1. The number of anilines is 2. The van der Waals surface area contributed by atoms with Crippen molar-refractivity contribution < 1.29 is 14.3 Å². The van der Waals surface area contributed by atoms with Gasteiger partial charge in [0.1, 0.15) is 6.61 Å². The molecule has 1 aliphatic heterocycles. The van der Waals surface area contributed by atoms with E-state index in [1.807, 2.05) is 55.5 Å². The molecular formula is C22H26N2O3. The summed E-state index contributed by atoms with van der Waals surface area (Å²) in [6, 6.07) is 13.7. The maximum atomic E-state index is 12.8. The average molecular weight is 366 g/mol. The first kappa shape index (κ1) is 18.8. The highest BCUT2D eigenvalue weighted by molar-refractivity contribution is 5.99. The normalized spacial score (nSPS) is 16.1. The number of benzene rings is 2. The quantitative estimate of drug-likeness (QED) is 0.755. The Balaban J connectivity index is 1.72. The van der Waals surface area contributed by atoms with Crippen molar-refractivity contribution in [3.63, 3.8) is 0 Å². The second-order valence-corrected chi connectivity index (χ2v) is 6.62. The van der Waals surface area contributed by atoms with Crippen molar-refractivity contribution in [2.75, 3.05) is 37.0 Å². The highest BCUT2D eigenvalue weighted by atomic mass is 16.5. The molecule has 0 radical (unpaired) electrons. The van der Waals surface area contributed by atoms with Gasteiger partial charge in [0.2, 0.25) is 5.91 Å². The summed E-state index contributed by atoms with van der Waals surface area (Å²) >= 11 is 0. The van der Waals surface area contributed by atoms with Gasteiger partial charge in [-0.2, -0.15) is 0 Å². The van der Waals surface area contributed by atoms with Crippen LogP contribution in [0.3, 0.4) is 0 Å². The van der Waals surface area contributed by atoms with Crippen LogP contribution in [0.15, 0.2) is 55.1 Å². The molecule has 1 heterocycles. The standard InChI is InChI=1S/C22H26N2O3/c1-4-7-17-10-11-20(21(14-17)26-3)27-13-12-24-19-9-6-5-8-18(19)23-15-16(2)22(24)25/h4-6,8-11,14,16,23H,1,7,12-13,15H2,2-3H3/t16-/m0/s1. The topological polar surface area (TPSA) is 50.8 Å². The molecule has 1 N–H and O–H groups in total. The summed E-state index contributed by atoms with van der Waals surface area (Å²) in [4.78, 5) is 14.6. The lowest BCUT2D eigenvalue weighted by Crippen LogP contribution is -2.38. The molecule has 0 saturated carbocycles. The molecule has 0 unspecified atom stereocenters. The van der Waals surface area contributed by atoms with Crippen LogP contribution in [0.25, 0.3) is 0 Å². The molecule has 0 aromatic heterocycles. The molecule has 1 amide bonds. The van der Waals surface area contributed by atoms with Gasteiger partial charge in [0.25, 0.3) is 0 Å². The van der Waals surface area contributed by atoms with Crippen molar-refractivity contribution in [3.05, 3.63) is 60.7 Å². The molecule has 1 atom stereocenters. The van der Waals surface area contributed by atoms with Crippen LogP contribution in [0.1, 0.15) is 12.5 Å². The van der Waals surface area contributed by atoms with Gasteiger partial charge >= 0.3 is 0 Å². The number of nitrogens with zero attached hydrogens (tertiary/aromatic N) is 1. The molecule has 0 spiro atoms. The molecule has 27 heavy (non-hydrogen) atoms. The van der Waals surface area contributed by atoms with E-state index in [4.69, 9.17) is 9.47 Å². The van der Waals surface area contributed by atoms with Gasteiger partial charge in [-0.05, 0) is 36.2 Å². The highest BCUT2D eigenvalue weighted by Crippen LogP contribution is 2.31. The van der Waals surface area contributed by atoms with E-state index in [-0.39, 0.29) is 11.8 Å². The van der Waals surface area contributed by atoms with Crippen LogP contribution in [-0.4, -0.2) is 32.7 Å². The number of hydrogen-bond acceptors (Lipinski definition) is 4. The first-order chi connectivity index (χ1) is 13.1. The molecule has 5 heteroatoms. The number of allylic oxidation sites excluding steroid dienone is 1. The Hall–Kier alpha value is -2.95. The van der Waals surface area contributed by atoms with E-state index < -0.39 is 0 Å². The second-order valence-electron chi connectivity index (χ2n) is 6.62. The summed E-state index contributed by atoms with van der Waals surface area (Å²) in [5.74, 6) is 1.37. The summed E-state index contributed by atoms with van der Waals surface area (Å²) in [5.41, 5.74) is 2.98. The van der Waals surface area contributed by atoms with E-state index in [0.717, 1.165) is 23.4 Å². The molecule has 0 saturated heterocycles. The summed E-state index contributed by atoms with van der Waals surface area (Å²) in [5, 5.41) is 3.35. The highest BCUT2D eigenvalue weighted by Gasteiger charge is 2.27. The molecular weight excluding hydrogens is 340 g/mol. The van der Waals surface area contributed by atoms with Crippen LogP contribution in [0, 0.1) is 5.92 Å². The maximum absolute atomic E-state index is 12.8. The first-order valence-corrected chi connectivity index (χ1v) is 9.19. The Morgan fingerprint density at radius 1 is 1.26 bits per heavy atom. The number of amides is 1. The number of rotatable bonds is 7. The van der Waals surface area contributed by atoms with E-state index in [9.17, 15) is 4.79 Å². The van der Waals surface area contributed by atoms with E-state index in [1.165, 1.54) is 0 Å². The molecule has 142 valence electrons. The van der Waals surface area contributed by atoms with Crippen molar-refractivity contribution >= 4 is 17.3 Å². The predicted molar refractivity (Wildman–Crippen MR) is 109 cm³/mol. The minimum absolute atomic E-state index is 0.0925. The Kier molecular flexibility index (Phi) is 6.01. The number of ether oxygens (including phenoxy) is 2. The van der Waals surface area contributed by atoms with E-state index >= 15 is 0 Å². The second kappa shape index (κ2) is 8.62. The smallest absolute Gasteiger partial charge is 0.231 e. The van der Waals surface area contributed by atoms with Gasteiger partial charge in [0, 0.05) is 6.54 Å². The molecule has 3 rings (SSSR count). The zero-order valence-corrected chi connectivity index (χ0v) is 15.9. The zero-order valence-electron chi connectivity index (χ0n) is 15.9. The lowest BCUT2D eigenvalue weighted by atomic mass is 10.1. The fourth-order valence-electron chi connectivity index (χ4n) is 3.20. The van der Waals surface area contributed by atoms with Gasteiger partial charge in [-0.3, -0.25) is 4.79 Å². The monoisotopic (exact) mass is 366 g/mol. The van der Waals surface area contributed by atoms with Gasteiger partial charge in [-0.15, -0.1) is 6.58 Å². The summed E-state index contributed by atoms with van der Waals surface area (Å²) in [6.45, 7) is 7.18. The largest absolute Gasteiger partial charge is 0.493 e. The summed E-state index contributed by atoms with van der Waals surface area (Å²) in [7, 11) is 1.63. The molecule has 0 bridgehead atoms. The van der Waals surface area contributed by atoms with Crippen LogP contribution in [0.2, 0.25) is 0 Å². The van der Waals surface area contributed by atoms with Crippen molar-refractivity contribution in [2.24, 2.45) is 5.92 Å². The third-order valence-electron chi connectivity index (χ3n) is 4.66. The van der Waals surface area contributed by atoms with E-state index in [2.05, 4.69) is 11.9 Å². The minimum atomic E-state index is -0.0925. The molecule has 1 aliphatic rings. The van der Waals surface area contributed by atoms with Crippen molar-refractivity contribution in [1.29, 1.82) is 0 Å². The minimum Gasteiger partial charge on any atom is -0.493 e. The van der Waals surface area contributed by atoms with Crippen molar-refractivity contribution in [2.45, 2.75) is 13.3 Å². The molecule has 2 aromatic rings. The number of para-hydroxylation sites is 2. The Morgan fingerprint density at radius 2 is 2.07 bits per heavy atom. The van der Waals surface area contributed by atoms with Crippen LogP contribution in [0.5, 0.6) is 11.5 Å². The van der Waals surface area contributed by atoms with Gasteiger partial charge in [-0.25, -0.2) is 0 Å². The van der Waals surface area contributed by atoms with Gasteiger partial charge < -0.3 is 19.7 Å². The van der Waals surface area contributed by atoms with Crippen LogP contribution >= 0.6 is 0 Å². The zero-order chi connectivity index (χ0) is 19.2. The van der Waals surface area contributed by atoms with E-state index in [1.54, 1.807) is 12.0 Å². The average Bonchev–Trinajstić information content (AvgIpc) is 2.81. The number of hydrogen-bond donors (Lipinski definition) is 1. The summed E-state index contributed by atoms with van der Waals surface area (Å²) < 4.78 is 11.4. The number of nitrogens with one attached hydrogen (secondary N) is 1. The lowest BCUT2D eigenvalue weighted by Gasteiger charge is -2.24. The van der Waals surface area contributed by atoms with Crippen molar-refractivity contribution in [3.8, 4) is 11.5 Å². The maximum Gasteiger partial charge on any atom is 0.231 e. The van der Waals surface area contributed by atoms with Crippen LogP contribution in [-0.2, 0) is 11.2 Å². The fraction of sp³-hybridized carbons (Fsp3) is 0.318. The predicted octanol–water partition coefficient (Wildman–Crippen LogP) is 3.90. The molecule has 0 aliphatic carbocycles. The van der Waals surface area contributed by atoms with Crippen LogP contribution < -0.4 is 19.7 Å². The third-order valence-corrected chi connectivity index (χ3v) is 4.66. The molecule has 2 aromatic carbocycles. The first-order valence-electron chi connectivity index (χ1n) is 9.19. The van der Waals surface area contributed by atoms with Gasteiger partial charge in [0.05, 0.1) is 30.9 Å². The number of carbonyl (C=O) groups excluding carboxylic acids is 1. The van der Waals surface area contributed by atoms with Gasteiger partial charge in [-0.1, -0.05) is 31.2 Å². The Morgan fingerprint density at radius 3 is 2.85 bits per heavy atom. The van der Waals surface area contributed by atoms with Gasteiger partial charge in [0.15, 0.2) is 11.5 Å². The summed E-state index contributed by atoms with van der Waals surface area (Å²) in [6.07, 6.45) is 2.63. The Bertz CT molecular complexity index is 819. The molecule has 0 fully saturated rings. The Labute approximate surface area is 160 Å². The molecule has 5 nitrogen and oxygen atoms in total. The lowest BCUT2D eigenvalue weighted by molar-refractivity contribution is -0.121. The van der Waals surface area contributed by atoms with Crippen molar-refractivity contribution in [1.82, 2.24) is 0 Å². The fourth-order valence-corrected chi connectivity index (χ4v) is 3.20. The third kappa shape index (κ3) is 4.25. The number of methoxy groups -OCH3 is 1. The number of fused-ring (bicyclic) bond motifs is 1. The van der Waals surface area contributed by atoms with E-state index in [0.29, 0.717) is 31.2 Å². The SMILES string of the molecule is C=CCc1ccc(OCCN2C(=O)[C@@H](C)CNc3ccccc32)c(OC)c1.